The molecule has 116 valence electrons. The van der Waals surface area contributed by atoms with E-state index < -0.39 is 0 Å². The molecule has 3 rings (SSSR count). The van der Waals surface area contributed by atoms with Crippen LogP contribution in [0, 0.1) is 5.92 Å². The summed E-state index contributed by atoms with van der Waals surface area (Å²) < 4.78 is 0. The maximum absolute atomic E-state index is 6.05. The molecule has 2 fully saturated rings. The summed E-state index contributed by atoms with van der Waals surface area (Å²) in [5, 5.41) is 4.32. The largest absolute Gasteiger partial charge is 0.317 e. The van der Waals surface area contributed by atoms with Crippen molar-refractivity contribution in [3.63, 3.8) is 0 Å². The summed E-state index contributed by atoms with van der Waals surface area (Å²) >= 11 is 6.05. The number of hydrogen-bond acceptors (Lipinski definition) is 2. The number of halogens is 1. The molecule has 3 heteroatoms. The fourth-order valence-corrected chi connectivity index (χ4v) is 3.77. The summed E-state index contributed by atoms with van der Waals surface area (Å²) in [6, 6.07) is 9.89. The van der Waals surface area contributed by atoms with Crippen LogP contribution in [0.4, 0.5) is 0 Å². The third kappa shape index (κ3) is 4.00. The van der Waals surface area contributed by atoms with Crippen molar-refractivity contribution in [3.05, 3.63) is 34.9 Å². The van der Waals surface area contributed by atoms with Gasteiger partial charge in [-0.25, -0.2) is 0 Å². The van der Waals surface area contributed by atoms with Crippen LogP contribution in [0.25, 0.3) is 0 Å². The Morgan fingerprint density at radius 2 is 1.81 bits per heavy atom. The van der Waals surface area contributed by atoms with Crippen molar-refractivity contribution >= 4 is 11.6 Å². The first-order valence-corrected chi connectivity index (χ1v) is 8.87. The van der Waals surface area contributed by atoms with Gasteiger partial charge in [-0.15, -0.1) is 0 Å². The summed E-state index contributed by atoms with van der Waals surface area (Å²) in [4.78, 5) is 2.79. The fraction of sp³-hybridized carbons (Fsp3) is 0.667. The van der Waals surface area contributed by atoms with E-state index in [-0.39, 0.29) is 0 Å². The van der Waals surface area contributed by atoms with Gasteiger partial charge >= 0.3 is 0 Å². The maximum Gasteiger partial charge on any atom is 0.0406 e. The first-order valence-electron chi connectivity index (χ1n) is 8.50. The zero-order valence-electron chi connectivity index (χ0n) is 13.0. The van der Waals surface area contributed by atoms with E-state index in [1.807, 2.05) is 12.1 Å². The van der Waals surface area contributed by atoms with Gasteiger partial charge in [0, 0.05) is 23.7 Å². The van der Waals surface area contributed by atoms with Gasteiger partial charge in [0.2, 0.25) is 0 Å². The molecule has 1 saturated heterocycles. The Kier molecular flexibility index (Phi) is 5.20. The number of benzene rings is 1. The van der Waals surface area contributed by atoms with E-state index in [0.29, 0.717) is 6.04 Å². The van der Waals surface area contributed by atoms with Gasteiger partial charge in [-0.05, 0) is 68.8 Å². The summed E-state index contributed by atoms with van der Waals surface area (Å²) in [6.45, 7) is 5.98. The van der Waals surface area contributed by atoms with Crippen molar-refractivity contribution in [2.24, 2.45) is 5.92 Å². The fourth-order valence-electron chi connectivity index (χ4n) is 3.65. The molecule has 2 aliphatic rings. The van der Waals surface area contributed by atoms with Crippen LogP contribution in [0.2, 0.25) is 5.02 Å². The minimum absolute atomic E-state index is 0.560. The Balaban J connectivity index is 1.72. The quantitative estimate of drug-likeness (QED) is 0.845. The highest BCUT2D eigenvalue weighted by Gasteiger charge is 2.35. The lowest BCUT2D eigenvalue weighted by Crippen LogP contribution is -2.39. The van der Waals surface area contributed by atoms with Gasteiger partial charge in [0.05, 0.1) is 0 Å². The molecule has 1 saturated carbocycles. The van der Waals surface area contributed by atoms with E-state index in [1.165, 1.54) is 57.3 Å². The van der Waals surface area contributed by atoms with Crippen molar-refractivity contribution < 1.29 is 0 Å². The molecule has 1 atom stereocenters. The topological polar surface area (TPSA) is 15.3 Å². The first kappa shape index (κ1) is 15.3. The average Bonchev–Trinajstić information content (AvgIpc) is 3.34. The second kappa shape index (κ2) is 7.13. The molecule has 1 aromatic carbocycles. The third-order valence-electron chi connectivity index (χ3n) is 4.99. The molecule has 21 heavy (non-hydrogen) atoms. The number of nitrogens with one attached hydrogen (secondary N) is 1. The number of piperidine rings is 1. The normalized spacial score (nSPS) is 21.7. The molecule has 1 aliphatic heterocycles. The van der Waals surface area contributed by atoms with Gasteiger partial charge in [0.25, 0.3) is 0 Å². The highest BCUT2D eigenvalue weighted by Crippen LogP contribution is 2.37. The van der Waals surface area contributed by atoms with E-state index in [1.54, 1.807) is 0 Å². The zero-order valence-corrected chi connectivity index (χ0v) is 13.8. The molecule has 0 bridgehead atoms. The Labute approximate surface area is 133 Å². The van der Waals surface area contributed by atoms with Gasteiger partial charge in [-0.2, -0.15) is 0 Å². The molecule has 1 aromatic rings. The molecule has 0 amide bonds. The molecule has 0 radical (unpaired) electrons. The maximum atomic E-state index is 6.05. The van der Waals surface area contributed by atoms with Gasteiger partial charge in [0.1, 0.15) is 0 Å². The van der Waals surface area contributed by atoms with Crippen LogP contribution in [0.15, 0.2) is 24.3 Å². The standard InChI is InChI=1S/C18H27ClN2/c1-2-18(15-3-5-16(19)6-4-15)21(17-7-8-17)13-14-9-11-20-12-10-14/h3-6,14,17-18,20H,2,7-13H2,1H3. The van der Waals surface area contributed by atoms with E-state index in [9.17, 15) is 0 Å². The van der Waals surface area contributed by atoms with Crippen molar-refractivity contribution in [2.45, 2.75) is 51.1 Å². The number of hydrogen-bond donors (Lipinski definition) is 1. The van der Waals surface area contributed by atoms with Crippen molar-refractivity contribution in [1.82, 2.24) is 10.2 Å². The minimum atomic E-state index is 0.560. The van der Waals surface area contributed by atoms with Crippen LogP contribution in [-0.2, 0) is 0 Å². The Bertz CT molecular complexity index is 435. The molecule has 0 spiro atoms. The molecule has 1 aliphatic carbocycles. The summed E-state index contributed by atoms with van der Waals surface area (Å²) in [5.74, 6) is 0.869. The Morgan fingerprint density at radius 3 is 2.38 bits per heavy atom. The van der Waals surface area contributed by atoms with Crippen molar-refractivity contribution in [1.29, 1.82) is 0 Å². The highest BCUT2D eigenvalue weighted by atomic mass is 35.5. The molecule has 1 N–H and O–H groups in total. The van der Waals surface area contributed by atoms with Gasteiger partial charge in [-0.3, -0.25) is 4.90 Å². The lowest BCUT2D eigenvalue weighted by Gasteiger charge is -2.36. The molecule has 1 heterocycles. The van der Waals surface area contributed by atoms with E-state index in [4.69, 9.17) is 11.6 Å². The SMILES string of the molecule is CCC(c1ccc(Cl)cc1)N(CC1CCNCC1)C1CC1. The van der Waals surface area contributed by atoms with Crippen LogP contribution in [-0.4, -0.2) is 30.6 Å². The van der Waals surface area contributed by atoms with E-state index in [0.717, 1.165) is 17.0 Å². The molecule has 0 aromatic heterocycles. The van der Waals surface area contributed by atoms with Crippen LogP contribution in [0.3, 0.4) is 0 Å². The molecular formula is C18H27ClN2. The van der Waals surface area contributed by atoms with Gasteiger partial charge < -0.3 is 5.32 Å². The highest BCUT2D eigenvalue weighted by molar-refractivity contribution is 6.30. The smallest absolute Gasteiger partial charge is 0.0406 e. The Hall–Kier alpha value is -0.570. The molecule has 2 nitrogen and oxygen atoms in total. The summed E-state index contributed by atoms with van der Waals surface area (Å²) in [5.41, 5.74) is 1.43. The molecular weight excluding hydrogens is 280 g/mol. The monoisotopic (exact) mass is 306 g/mol. The van der Waals surface area contributed by atoms with Crippen LogP contribution < -0.4 is 5.32 Å². The van der Waals surface area contributed by atoms with Crippen molar-refractivity contribution in [3.8, 4) is 0 Å². The summed E-state index contributed by atoms with van der Waals surface area (Å²) in [6.07, 6.45) is 6.62. The Morgan fingerprint density at radius 1 is 1.14 bits per heavy atom. The third-order valence-corrected chi connectivity index (χ3v) is 5.24. The van der Waals surface area contributed by atoms with Crippen LogP contribution in [0.5, 0.6) is 0 Å². The molecule has 1 unspecified atom stereocenters. The number of nitrogens with zero attached hydrogens (tertiary/aromatic N) is 1. The van der Waals surface area contributed by atoms with E-state index >= 15 is 0 Å². The predicted octanol–water partition coefficient (Wildman–Crippen LogP) is 4.26. The minimum Gasteiger partial charge on any atom is -0.317 e. The van der Waals surface area contributed by atoms with Crippen LogP contribution >= 0.6 is 11.6 Å². The second-order valence-electron chi connectivity index (χ2n) is 6.60. The first-order chi connectivity index (χ1) is 10.3. The number of rotatable bonds is 6. The van der Waals surface area contributed by atoms with E-state index in [2.05, 4.69) is 29.3 Å². The van der Waals surface area contributed by atoms with Gasteiger partial charge in [-0.1, -0.05) is 30.7 Å². The van der Waals surface area contributed by atoms with Gasteiger partial charge in [0.15, 0.2) is 0 Å². The lowest BCUT2D eigenvalue weighted by atomic mass is 9.95. The van der Waals surface area contributed by atoms with Crippen LogP contribution in [0.1, 0.15) is 50.6 Å². The van der Waals surface area contributed by atoms with Crippen molar-refractivity contribution in [2.75, 3.05) is 19.6 Å². The zero-order chi connectivity index (χ0) is 14.7. The lowest BCUT2D eigenvalue weighted by molar-refractivity contribution is 0.139. The predicted molar refractivity (Wildman–Crippen MR) is 89.8 cm³/mol. The second-order valence-corrected chi connectivity index (χ2v) is 7.03. The average molecular weight is 307 g/mol. The summed E-state index contributed by atoms with van der Waals surface area (Å²) in [7, 11) is 0.